The Kier molecular flexibility index (Phi) is 7.22. The minimum atomic E-state index is -0.469. The number of carbonyl (C=O) groups excluding carboxylic acids is 1. The number of ether oxygens (including phenoxy) is 1. The predicted molar refractivity (Wildman–Crippen MR) is 112 cm³/mol. The average Bonchev–Trinajstić information content (AvgIpc) is 2.59. The van der Waals surface area contributed by atoms with Crippen LogP contribution in [0.25, 0.3) is 6.08 Å². The van der Waals surface area contributed by atoms with Gasteiger partial charge in [0.2, 0.25) is 0 Å². The van der Waals surface area contributed by atoms with Crippen molar-refractivity contribution in [3.63, 3.8) is 0 Å². The zero-order valence-corrected chi connectivity index (χ0v) is 17.1. The Morgan fingerprint density at radius 2 is 1.80 bits per heavy atom. The van der Waals surface area contributed by atoms with Gasteiger partial charge in [-0.05, 0) is 81.1 Å². The number of nitrogens with zero attached hydrogens (tertiary/aromatic N) is 2. The van der Waals surface area contributed by atoms with Crippen LogP contribution in [0.5, 0.6) is 5.75 Å². The Labute approximate surface area is 172 Å². The second-order valence-electron chi connectivity index (χ2n) is 4.75. The molecule has 25 heavy (non-hydrogen) atoms. The maximum absolute atomic E-state index is 12.3. The molecular weight excluding hydrogens is 544 g/mol. The highest BCUT2D eigenvalue weighted by molar-refractivity contribution is 14.1. The van der Waals surface area contributed by atoms with E-state index in [0.29, 0.717) is 17.0 Å². The van der Waals surface area contributed by atoms with Crippen LogP contribution in [0, 0.1) is 29.8 Å². The molecule has 0 atom stereocenters. The Hall–Kier alpha value is -2.11. The molecule has 1 amide bonds. The van der Waals surface area contributed by atoms with Crippen LogP contribution in [-0.4, -0.2) is 12.5 Å². The molecule has 0 aliphatic heterocycles. The lowest BCUT2D eigenvalue weighted by Crippen LogP contribution is -2.13. The van der Waals surface area contributed by atoms with Gasteiger partial charge < -0.3 is 10.1 Å². The van der Waals surface area contributed by atoms with Crippen molar-refractivity contribution in [2.24, 2.45) is 0 Å². The number of hydrogen-bond acceptors (Lipinski definition) is 4. The second kappa shape index (κ2) is 9.39. The summed E-state index contributed by atoms with van der Waals surface area (Å²) < 4.78 is 6.98. The van der Waals surface area contributed by atoms with Crippen molar-refractivity contribution in [1.29, 1.82) is 10.5 Å². The van der Waals surface area contributed by atoms with Crippen LogP contribution in [-0.2, 0) is 4.79 Å². The van der Waals surface area contributed by atoms with E-state index in [4.69, 9.17) is 10.00 Å². The molecule has 5 nitrogen and oxygen atoms in total. The van der Waals surface area contributed by atoms with Crippen molar-refractivity contribution >= 4 is 62.9 Å². The topological polar surface area (TPSA) is 85.9 Å². The van der Waals surface area contributed by atoms with E-state index in [1.807, 2.05) is 18.2 Å². The molecule has 0 aromatic heterocycles. The van der Waals surface area contributed by atoms with Crippen molar-refractivity contribution in [3.05, 3.63) is 60.7 Å². The molecule has 0 spiro atoms. The van der Waals surface area contributed by atoms with E-state index in [2.05, 4.69) is 50.5 Å². The first kappa shape index (κ1) is 19.2. The van der Waals surface area contributed by atoms with E-state index in [0.717, 1.165) is 7.14 Å². The lowest BCUT2D eigenvalue weighted by molar-refractivity contribution is -0.112. The number of anilines is 1. The zero-order chi connectivity index (χ0) is 18.2. The summed E-state index contributed by atoms with van der Waals surface area (Å²) in [6.07, 6.45) is 1.52. The maximum atomic E-state index is 12.3. The number of rotatable bonds is 5. The second-order valence-corrected chi connectivity index (χ2v) is 7.07. The van der Waals surface area contributed by atoms with Gasteiger partial charge in [-0.3, -0.25) is 4.79 Å². The van der Waals surface area contributed by atoms with Crippen LogP contribution in [0.2, 0.25) is 0 Å². The number of halogens is 2. The van der Waals surface area contributed by atoms with Gasteiger partial charge in [0.15, 0.2) is 6.61 Å². The first-order valence-corrected chi connectivity index (χ1v) is 9.18. The van der Waals surface area contributed by atoms with Crippen molar-refractivity contribution in [2.75, 3.05) is 11.9 Å². The molecule has 7 heteroatoms. The fourth-order valence-corrected chi connectivity index (χ4v) is 4.07. The quantitative estimate of drug-likeness (QED) is 0.338. The monoisotopic (exact) mass is 555 g/mol. The minimum absolute atomic E-state index is 0.00106. The van der Waals surface area contributed by atoms with Crippen molar-refractivity contribution in [1.82, 2.24) is 0 Å². The molecular formula is C18H11I2N3O2. The van der Waals surface area contributed by atoms with E-state index < -0.39 is 5.91 Å². The number of benzene rings is 2. The molecule has 0 saturated heterocycles. The SMILES string of the molecule is N#CCOc1c(I)cc(/C=C(/C#N)C(=O)Nc2ccccc2)cc1I. The van der Waals surface area contributed by atoms with Crippen LogP contribution >= 0.6 is 45.2 Å². The van der Waals surface area contributed by atoms with E-state index >= 15 is 0 Å². The van der Waals surface area contributed by atoms with Gasteiger partial charge in [-0.25, -0.2) is 0 Å². The van der Waals surface area contributed by atoms with Gasteiger partial charge >= 0.3 is 0 Å². The molecule has 0 unspecified atom stereocenters. The van der Waals surface area contributed by atoms with E-state index in [9.17, 15) is 10.1 Å². The smallest absolute Gasteiger partial charge is 0.266 e. The molecule has 0 bridgehead atoms. The third kappa shape index (κ3) is 5.44. The van der Waals surface area contributed by atoms with Crippen molar-refractivity contribution < 1.29 is 9.53 Å². The summed E-state index contributed by atoms with van der Waals surface area (Å²) in [4.78, 5) is 12.3. The highest BCUT2D eigenvalue weighted by atomic mass is 127. The van der Waals surface area contributed by atoms with Gasteiger partial charge in [0.25, 0.3) is 5.91 Å². The highest BCUT2D eigenvalue weighted by Crippen LogP contribution is 2.29. The first-order valence-electron chi connectivity index (χ1n) is 7.02. The maximum Gasteiger partial charge on any atom is 0.266 e. The highest BCUT2D eigenvalue weighted by Gasteiger charge is 2.12. The summed E-state index contributed by atoms with van der Waals surface area (Å²) >= 11 is 4.19. The molecule has 124 valence electrons. The number of para-hydroxylation sites is 1. The van der Waals surface area contributed by atoms with Crippen LogP contribution in [0.15, 0.2) is 48.0 Å². The van der Waals surface area contributed by atoms with E-state index in [-0.39, 0.29) is 12.2 Å². The van der Waals surface area contributed by atoms with Crippen molar-refractivity contribution in [2.45, 2.75) is 0 Å². The number of nitriles is 2. The molecule has 2 rings (SSSR count). The van der Waals surface area contributed by atoms with Gasteiger partial charge in [0.1, 0.15) is 23.5 Å². The number of carbonyl (C=O) groups is 1. The normalized spacial score (nSPS) is 10.5. The number of nitrogens with one attached hydrogen (secondary N) is 1. The van der Waals surface area contributed by atoms with E-state index in [1.54, 1.807) is 36.4 Å². The third-order valence-corrected chi connectivity index (χ3v) is 4.61. The van der Waals surface area contributed by atoms with Gasteiger partial charge in [0, 0.05) is 5.69 Å². The average molecular weight is 555 g/mol. The Bertz CT molecular complexity index is 874. The lowest BCUT2D eigenvalue weighted by Gasteiger charge is -2.09. The molecule has 0 aliphatic rings. The molecule has 2 aromatic carbocycles. The largest absolute Gasteiger partial charge is 0.477 e. The first-order chi connectivity index (χ1) is 12.0. The standard InChI is InChI=1S/C18H11I2N3O2/c19-15-9-12(10-16(20)17(15)25-7-6-21)8-13(11-22)18(24)23-14-4-2-1-3-5-14/h1-5,8-10H,7H2,(H,23,24)/b13-8-. The van der Waals surface area contributed by atoms with Gasteiger partial charge in [-0.1, -0.05) is 18.2 Å². The summed E-state index contributed by atoms with van der Waals surface area (Å²) in [5.74, 6) is 0.149. The van der Waals surface area contributed by atoms with Gasteiger partial charge in [-0.15, -0.1) is 0 Å². The summed E-state index contributed by atoms with van der Waals surface area (Å²) in [7, 11) is 0. The van der Waals surface area contributed by atoms with Gasteiger partial charge in [-0.2, -0.15) is 10.5 Å². The fraction of sp³-hybridized carbons (Fsp3) is 0.0556. The zero-order valence-electron chi connectivity index (χ0n) is 12.8. The number of hydrogen-bond donors (Lipinski definition) is 1. The summed E-state index contributed by atoms with van der Waals surface area (Å²) in [5.41, 5.74) is 1.33. The summed E-state index contributed by atoms with van der Waals surface area (Å²) in [5, 5.41) is 20.6. The summed E-state index contributed by atoms with van der Waals surface area (Å²) in [6.45, 7) is -0.0376. The Morgan fingerprint density at radius 1 is 1.16 bits per heavy atom. The molecule has 0 heterocycles. The molecule has 0 saturated carbocycles. The van der Waals surface area contributed by atoms with E-state index in [1.165, 1.54) is 6.08 Å². The predicted octanol–water partition coefficient (Wildman–Crippen LogP) is 4.34. The van der Waals surface area contributed by atoms with Gasteiger partial charge in [0.05, 0.1) is 7.14 Å². The number of amides is 1. The summed E-state index contributed by atoms with van der Waals surface area (Å²) in [6, 6.07) is 16.4. The molecule has 0 fully saturated rings. The van der Waals surface area contributed by atoms with Crippen LogP contribution in [0.4, 0.5) is 5.69 Å². The molecule has 2 aromatic rings. The third-order valence-electron chi connectivity index (χ3n) is 3.01. The van der Waals surface area contributed by atoms with Crippen LogP contribution in [0.3, 0.4) is 0 Å². The molecule has 0 radical (unpaired) electrons. The lowest BCUT2D eigenvalue weighted by atomic mass is 10.1. The van der Waals surface area contributed by atoms with Crippen LogP contribution < -0.4 is 10.1 Å². The molecule has 1 N–H and O–H groups in total. The fourth-order valence-electron chi connectivity index (χ4n) is 1.94. The van der Waals surface area contributed by atoms with Crippen LogP contribution in [0.1, 0.15) is 5.56 Å². The van der Waals surface area contributed by atoms with Crippen molar-refractivity contribution in [3.8, 4) is 17.9 Å². The minimum Gasteiger partial charge on any atom is -0.477 e. The Balaban J connectivity index is 2.26. The molecule has 0 aliphatic carbocycles. The Morgan fingerprint density at radius 3 is 2.36 bits per heavy atom.